The van der Waals surface area contributed by atoms with Crippen molar-refractivity contribution in [3.05, 3.63) is 24.3 Å². The van der Waals surface area contributed by atoms with Gasteiger partial charge in [-0.3, -0.25) is 0 Å². The first-order valence-corrected chi connectivity index (χ1v) is 8.94. The second kappa shape index (κ2) is 5.59. The fourth-order valence-electron chi connectivity index (χ4n) is 3.24. The summed E-state index contributed by atoms with van der Waals surface area (Å²) < 4.78 is 33.2. The van der Waals surface area contributed by atoms with Gasteiger partial charge < -0.3 is 9.64 Å². The van der Waals surface area contributed by atoms with Crippen LogP contribution in [0.2, 0.25) is 0 Å². The van der Waals surface area contributed by atoms with Crippen molar-refractivity contribution in [2.75, 3.05) is 26.7 Å². The highest BCUT2D eigenvalue weighted by molar-refractivity contribution is 7.89. The summed E-state index contributed by atoms with van der Waals surface area (Å²) in [5.74, 6) is 0.488. The zero-order chi connectivity index (χ0) is 15.0. The van der Waals surface area contributed by atoms with Crippen LogP contribution in [0.1, 0.15) is 19.8 Å². The van der Waals surface area contributed by atoms with Crippen LogP contribution in [0.15, 0.2) is 29.2 Å². The molecule has 5 nitrogen and oxygen atoms in total. The van der Waals surface area contributed by atoms with Crippen LogP contribution < -0.4 is 4.74 Å². The predicted octanol–water partition coefficient (Wildman–Crippen LogP) is 1.55. The van der Waals surface area contributed by atoms with Gasteiger partial charge in [-0.25, -0.2) is 8.42 Å². The summed E-state index contributed by atoms with van der Waals surface area (Å²) >= 11 is 0. The van der Waals surface area contributed by atoms with Crippen molar-refractivity contribution in [2.24, 2.45) is 0 Å². The van der Waals surface area contributed by atoms with E-state index >= 15 is 0 Å². The second-order valence-corrected chi connectivity index (χ2v) is 7.67. The fraction of sp³-hybridized carbons (Fsp3) is 0.600. The smallest absolute Gasteiger partial charge is 0.246 e. The summed E-state index contributed by atoms with van der Waals surface area (Å²) in [5.41, 5.74) is 0. The van der Waals surface area contributed by atoms with Gasteiger partial charge in [0.1, 0.15) is 16.7 Å². The van der Waals surface area contributed by atoms with Gasteiger partial charge in [-0.2, -0.15) is 4.31 Å². The molecule has 2 aliphatic rings. The van der Waals surface area contributed by atoms with E-state index in [1.807, 2.05) is 6.07 Å². The third-order valence-corrected chi connectivity index (χ3v) is 6.52. The van der Waals surface area contributed by atoms with Crippen LogP contribution >= 0.6 is 0 Å². The van der Waals surface area contributed by atoms with Crippen molar-refractivity contribution in [1.82, 2.24) is 9.21 Å². The minimum absolute atomic E-state index is 0.0787. The van der Waals surface area contributed by atoms with Crippen molar-refractivity contribution in [3.8, 4) is 5.75 Å². The topological polar surface area (TPSA) is 49.9 Å². The largest absolute Gasteiger partial charge is 0.487 e. The maximum Gasteiger partial charge on any atom is 0.246 e. The average Bonchev–Trinajstić information content (AvgIpc) is 2.72. The quantitative estimate of drug-likeness (QED) is 0.790. The maximum atomic E-state index is 12.8. The average molecular weight is 310 g/mol. The Bertz CT molecular complexity index is 617. The predicted molar refractivity (Wildman–Crippen MR) is 80.9 cm³/mol. The van der Waals surface area contributed by atoms with Crippen LogP contribution in [-0.4, -0.2) is 56.5 Å². The van der Waals surface area contributed by atoms with Crippen LogP contribution in [0.3, 0.4) is 0 Å². The summed E-state index contributed by atoms with van der Waals surface area (Å²) in [5, 5.41) is 0. The lowest BCUT2D eigenvalue weighted by Gasteiger charge is -2.28. The highest BCUT2D eigenvalue weighted by Gasteiger charge is 2.40. The van der Waals surface area contributed by atoms with Crippen molar-refractivity contribution < 1.29 is 13.2 Å². The molecule has 2 atom stereocenters. The van der Waals surface area contributed by atoms with Gasteiger partial charge in [0.25, 0.3) is 0 Å². The van der Waals surface area contributed by atoms with Gasteiger partial charge in [-0.05, 0) is 38.1 Å². The molecule has 21 heavy (non-hydrogen) atoms. The van der Waals surface area contributed by atoms with E-state index < -0.39 is 10.0 Å². The molecule has 0 bridgehead atoms. The number of para-hydroxylation sites is 1. The van der Waals surface area contributed by atoms with E-state index in [1.54, 1.807) is 25.2 Å². The summed E-state index contributed by atoms with van der Waals surface area (Å²) in [7, 11) is -1.80. The van der Waals surface area contributed by atoms with Crippen molar-refractivity contribution >= 4 is 10.0 Å². The summed E-state index contributed by atoms with van der Waals surface area (Å²) in [4.78, 5) is 2.64. The highest BCUT2D eigenvalue weighted by atomic mass is 32.2. The van der Waals surface area contributed by atoms with Gasteiger partial charge in [0, 0.05) is 13.6 Å². The molecule has 6 heteroatoms. The third kappa shape index (κ3) is 2.56. The van der Waals surface area contributed by atoms with Gasteiger partial charge >= 0.3 is 0 Å². The number of likely N-dealkylation sites (N-methyl/N-ethyl adjacent to an activating group) is 1. The van der Waals surface area contributed by atoms with Crippen molar-refractivity contribution in [2.45, 2.75) is 36.8 Å². The number of sulfonamides is 1. The molecule has 1 aromatic rings. The molecule has 1 fully saturated rings. The van der Waals surface area contributed by atoms with Crippen molar-refractivity contribution in [1.29, 1.82) is 0 Å². The van der Waals surface area contributed by atoms with E-state index in [2.05, 4.69) is 11.8 Å². The lowest BCUT2D eigenvalue weighted by atomic mass is 10.1. The Hall–Kier alpha value is -1.11. The van der Waals surface area contributed by atoms with Gasteiger partial charge in [-0.15, -0.1) is 0 Å². The molecule has 116 valence electrons. The molecule has 0 unspecified atom stereocenters. The number of hydrogen-bond donors (Lipinski definition) is 0. The normalized spacial score (nSPS) is 29.6. The zero-order valence-electron chi connectivity index (χ0n) is 12.5. The van der Waals surface area contributed by atoms with Gasteiger partial charge in [0.2, 0.25) is 10.0 Å². The van der Waals surface area contributed by atoms with Gasteiger partial charge in [0.05, 0.1) is 6.04 Å². The first-order chi connectivity index (χ1) is 10.0. The maximum absolute atomic E-state index is 12.8. The van der Waals surface area contributed by atoms with Crippen LogP contribution in [0.25, 0.3) is 0 Å². The number of hydrogen-bond acceptors (Lipinski definition) is 4. The third-order valence-electron chi connectivity index (χ3n) is 4.60. The molecule has 0 aliphatic carbocycles. The Labute approximate surface area is 126 Å². The summed E-state index contributed by atoms with van der Waals surface area (Å²) in [6, 6.07) is 6.85. The molecule has 0 aromatic heterocycles. The minimum atomic E-state index is -3.48. The molecule has 1 aromatic carbocycles. The number of rotatable bonds is 1. The number of likely N-dealkylation sites (tertiary alicyclic amines) is 1. The SMILES string of the molecule is CCN1CC[C@@H]2[C@@H](CC1)Oc1ccccc1S(=O)(=O)N2C. The monoisotopic (exact) mass is 310 g/mol. The standard InChI is InChI=1S/C15H22N2O3S/c1-3-17-10-8-12-13(9-11-17)20-14-6-4-5-7-15(14)21(18,19)16(12)2/h4-7,12-13H,3,8-11H2,1-2H3/t12-,13-/m1/s1. The van der Waals surface area contributed by atoms with E-state index in [9.17, 15) is 8.42 Å². The Morgan fingerprint density at radius 3 is 2.71 bits per heavy atom. The molecule has 1 saturated heterocycles. The Balaban J connectivity index is 2.01. The van der Waals surface area contributed by atoms with E-state index in [1.165, 1.54) is 4.31 Å². The van der Waals surface area contributed by atoms with Gasteiger partial charge in [0.15, 0.2) is 0 Å². The van der Waals surface area contributed by atoms with E-state index in [-0.39, 0.29) is 17.0 Å². The molecule has 0 amide bonds. The Kier molecular flexibility index (Phi) is 3.94. The number of benzene rings is 1. The first kappa shape index (κ1) is 14.8. The van der Waals surface area contributed by atoms with E-state index in [0.29, 0.717) is 5.75 Å². The molecule has 0 spiro atoms. The number of fused-ring (bicyclic) bond motifs is 2. The van der Waals surface area contributed by atoms with Crippen LogP contribution in [0, 0.1) is 0 Å². The molecule has 3 rings (SSSR count). The summed E-state index contributed by atoms with van der Waals surface area (Å²) in [6.45, 7) is 5.00. The highest BCUT2D eigenvalue weighted by Crippen LogP contribution is 2.35. The fourth-order valence-corrected chi connectivity index (χ4v) is 4.77. The molecular weight excluding hydrogens is 288 g/mol. The summed E-state index contributed by atoms with van der Waals surface area (Å²) in [6.07, 6.45) is 1.58. The molecule has 2 aliphatic heterocycles. The lowest BCUT2D eigenvalue weighted by Crippen LogP contribution is -2.44. The molecule has 0 N–H and O–H groups in total. The lowest BCUT2D eigenvalue weighted by molar-refractivity contribution is 0.122. The molecular formula is C15H22N2O3S. The second-order valence-electron chi connectivity index (χ2n) is 5.70. The van der Waals surface area contributed by atoms with Crippen LogP contribution in [0.5, 0.6) is 5.75 Å². The van der Waals surface area contributed by atoms with Crippen molar-refractivity contribution in [3.63, 3.8) is 0 Å². The molecule has 2 heterocycles. The van der Waals surface area contributed by atoms with E-state index in [0.717, 1.165) is 32.5 Å². The molecule has 0 saturated carbocycles. The Morgan fingerprint density at radius 2 is 1.95 bits per heavy atom. The Morgan fingerprint density at radius 1 is 1.24 bits per heavy atom. The van der Waals surface area contributed by atoms with Crippen LogP contribution in [-0.2, 0) is 10.0 Å². The van der Waals surface area contributed by atoms with Crippen LogP contribution in [0.4, 0.5) is 0 Å². The van der Waals surface area contributed by atoms with Gasteiger partial charge in [-0.1, -0.05) is 19.1 Å². The first-order valence-electron chi connectivity index (χ1n) is 7.50. The number of ether oxygens (including phenoxy) is 1. The minimum Gasteiger partial charge on any atom is -0.487 e. The van der Waals surface area contributed by atoms with E-state index in [4.69, 9.17) is 4.74 Å². The zero-order valence-corrected chi connectivity index (χ0v) is 13.3. The molecule has 0 radical (unpaired) electrons. The number of nitrogens with zero attached hydrogens (tertiary/aromatic N) is 2.